The van der Waals surface area contributed by atoms with Crippen molar-refractivity contribution in [3.63, 3.8) is 0 Å². The third-order valence-electron chi connectivity index (χ3n) is 1.01. The van der Waals surface area contributed by atoms with Gasteiger partial charge in [0.05, 0.1) is 13.2 Å². The molecule has 0 aliphatic rings. The Bertz CT molecular complexity index is 70.7. The zero-order chi connectivity index (χ0) is 7.33. The molecule has 0 aromatic heterocycles. The molecule has 0 aliphatic heterocycles. The summed E-state index contributed by atoms with van der Waals surface area (Å²) in [6.07, 6.45) is 0. The normalized spacial score (nSPS) is 12.0. The lowest BCUT2D eigenvalue weighted by Crippen LogP contribution is -2.23. The Balaban J connectivity index is 3.33. The van der Waals surface area contributed by atoms with E-state index in [-0.39, 0.29) is 18.8 Å². The highest BCUT2D eigenvalue weighted by molar-refractivity contribution is 4.64. The summed E-state index contributed by atoms with van der Waals surface area (Å²) in [6.45, 7) is 3.92. The van der Waals surface area contributed by atoms with Gasteiger partial charge in [-0.15, -0.1) is 0 Å². The van der Waals surface area contributed by atoms with Crippen LogP contribution in [0.25, 0.3) is 0 Å². The number of hydrogen-bond acceptors (Lipinski definition) is 3. The highest BCUT2D eigenvalue weighted by Gasteiger charge is 2.15. The molecule has 0 rings (SSSR count). The van der Waals surface area contributed by atoms with Crippen LogP contribution in [-0.4, -0.2) is 30.2 Å². The van der Waals surface area contributed by atoms with E-state index in [0.29, 0.717) is 6.61 Å². The van der Waals surface area contributed by atoms with Crippen LogP contribution in [0.5, 0.6) is 0 Å². The maximum atomic E-state index is 8.66. The van der Waals surface area contributed by atoms with Crippen molar-refractivity contribution >= 4 is 0 Å². The molecule has 3 heteroatoms. The smallest absolute Gasteiger partial charge is 0.143 e. The molecule has 2 N–H and O–H groups in total. The third kappa shape index (κ3) is 4.39. The quantitative estimate of drug-likeness (QED) is 0.531. The molecule has 0 heterocycles. The zero-order valence-corrected chi connectivity index (χ0v) is 5.92. The monoisotopic (exact) mass is 134 g/mol. The molecular weight excluding hydrogens is 120 g/mol. The minimum absolute atomic E-state index is 0.0764. The van der Waals surface area contributed by atoms with Gasteiger partial charge < -0.3 is 14.9 Å². The van der Waals surface area contributed by atoms with Crippen LogP contribution in [-0.2, 0) is 4.74 Å². The van der Waals surface area contributed by atoms with E-state index in [0.717, 1.165) is 0 Å². The van der Waals surface area contributed by atoms with Crippen molar-refractivity contribution in [1.29, 1.82) is 0 Å². The number of aliphatic hydroxyl groups is 2. The van der Waals surface area contributed by atoms with E-state index in [2.05, 4.69) is 4.74 Å². The lowest BCUT2D eigenvalue weighted by molar-refractivity contribution is -0.0479. The SMILES string of the molecule is CC(C)(CO)COCO. The number of ether oxygens (including phenoxy) is 1. The van der Waals surface area contributed by atoms with E-state index in [4.69, 9.17) is 10.2 Å². The molecule has 0 bridgehead atoms. The molecule has 0 fully saturated rings. The van der Waals surface area contributed by atoms with Gasteiger partial charge in [-0.1, -0.05) is 13.8 Å². The second-order valence-electron chi connectivity index (χ2n) is 2.80. The Morgan fingerprint density at radius 3 is 2.22 bits per heavy atom. The van der Waals surface area contributed by atoms with Crippen molar-refractivity contribution in [3.05, 3.63) is 0 Å². The summed E-state index contributed by atoms with van der Waals surface area (Å²) in [5, 5.41) is 16.9. The van der Waals surface area contributed by atoms with Gasteiger partial charge in [0.2, 0.25) is 0 Å². The largest absolute Gasteiger partial charge is 0.396 e. The van der Waals surface area contributed by atoms with E-state index in [1.807, 2.05) is 13.8 Å². The molecule has 3 nitrogen and oxygen atoms in total. The molecule has 9 heavy (non-hydrogen) atoms. The van der Waals surface area contributed by atoms with Gasteiger partial charge in [0, 0.05) is 5.41 Å². The van der Waals surface area contributed by atoms with Gasteiger partial charge in [0.1, 0.15) is 6.79 Å². The van der Waals surface area contributed by atoms with Crippen LogP contribution in [0.2, 0.25) is 0 Å². The fourth-order valence-corrected chi connectivity index (χ4v) is 0.368. The molecule has 0 saturated carbocycles. The maximum Gasteiger partial charge on any atom is 0.143 e. The summed E-state index contributed by atoms with van der Waals surface area (Å²) in [7, 11) is 0. The number of rotatable bonds is 4. The molecular formula is C6H14O3. The van der Waals surface area contributed by atoms with Crippen LogP contribution in [0.3, 0.4) is 0 Å². The molecule has 56 valence electrons. The minimum atomic E-state index is -0.274. The van der Waals surface area contributed by atoms with E-state index in [9.17, 15) is 0 Å². The maximum absolute atomic E-state index is 8.66. The first-order chi connectivity index (χ1) is 4.12. The standard InChI is InChI=1S/C6H14O3/c1-6(2,3-7)4-9-5-8/h7-8H,3-5H2,1-2H3. The zero-order valence-electron chi connectivity index (χ0n) is 5.92. The Morgan fingerprint density at radius 2 is 1.89 bits per heavy atom. The van der Waals surface area contributed by atoms with Crippen molar-refractivity contribution in [2.75, 3.05) is 20.0 Å². The molecule has 0 aromatic carbocycles. The molecule has 0 amide bonds. The second kappa shape index (κ2) is 3.82. The van der Waals surface area contributed by atoms with E-state index in [1.54, 1.807) is 0 Å². The predicted molar refractivity (Wildman–Crippen MR) is 33.9 cm³/mol. The highest BCUT2D eigenvalue weighted by Crippen LogP contribution is 2.12. The minimum Gasteiger partial charge on any atom is -0.396 e. The summed E-state index contributed by atoms with van der Waals surface area (Å²) in [5.41, 5.74) is -0.233. The molecule has 0 radical (unpaired) electrons. The van der Waals surface area contributed by atoms with Crippen molar-refractivity contribution < 1.29 is 14.9 Å². The Kier molecular flexibility index (Phi) is 3.77. The van der Waals surface area contributed by atoms with Crippen molar-refractivity contribution in [2.24, 2.45) is 5.41 Å². The number of hydrogen-bond donors (Lipinski definition) is 2. The third-order valence-corrected chi connectivity index (χ3v) is 1.01. The van der Waals surface area contributed by atoms with Crippen molar-refractivity contribution in [3.8, 4) is 0 Å². The van der Waals surface area contributed by atoms with E-state index >= 15 is 0 Å². The Morgan fingerprint density at radius 1 is 1.33 bits per heavy atom. The topological polar surface area (TPSA) is 49.7 Å². The fraction of sp³-hybridized carbons (Fsp3) is 1.00. The highest BCUT2D eigenvalue weighted by atomic mass is 16.6. The molecule has 0 unspecified atom stereocenters. The van der Waals surface area contributed by atoms with Gasteiger partial charge in [-0.25, -0.2) is 0 Å². The molecule has 0 saturated heterocycles. The van der Waals surface area contributed by atoms with Gasteiger partial charge in [0.15, 0.2) is 0 Å². The summed E-state index contributed by atoms with van der Waals surface area (Å²) < 4.78 is 4.68. The summed E-state index contributed by atoms with van der Waals surface area (Å²) in [4.78, 5) is 0. The fourth-order valence-electron chi connectivity index (χ4n) is 0.368. The van der Waals surface area contributed by atoms with Crippen LogP contribution in [0.4, 0.5) is 0 Å². The lowest BCUT2D eigenvalue weighted by Gasteiger charge is -2.19. The van der Waals surface area contributed by atoms with Gasteiger partial charge >= 0.3 is 0 Å². The van der Waals surface area contributed by atoms with Crippen molar-refractivity contribution in [1.82, 2.24) is 0 Å². The van der Waals surface area contributed by atoms with E-state index < -0.39 is 0 Å². The molecule has 0 atom stereocenters. The van der Waals surface area contributed by atoms with Crippen molar-refractivity contribution in [2.45, 2.75) is 13.8 Å². The first-order valence-electron chi connectivity index (χ1n) is 2.92. The van der Waals surface area contributed by atoms with Gasteiger partial charge in [0.25, 0.3) is 0 Å². The van der Waals surface area contributed by atoms with Gasteiger partial charge in [-0.05, 0) is 0 Å². The summed E-state index contributed by atoms with van der Waals surface area (Å²) >= 11 is 0. The molecule has 0 aromatic rings. The summed E-state index contributed by atoms with van der Waals surface area (Å²) in [6, 6.07) is 0. The Hall–Kier alpha value is -0.120. The first-order valence-corrected chi connectivity index (χ1v) is 2.92. The lowest BCUT2D eigenvalue weighted by atomic mass is 9.97. The van der Waals surface area contributed by atoms with Crippen LogP contribution >= 0.6 is 0 Å². The average molecular weight is 134 g/mol. The van der Waals surface area contributed by atoms with Crippen LogP contribution in [0, 0.1) is 5.41 Å². The predicted octanol–water partition coefficient (Wildman–Crippen LogP) is -0.0287. The van der Waals surface area contributed by atoms with Crippen LogP contribution in [0.15, 0.2) is 0 Å². The van der Waals surface area contributed by atoms with E-state index in [1.165, 1.54) is 0 Å². The number of aliphatic hydroxyl groups excluding tert-OH is 2. The van der Waals surface area contributed by atoms with Gasteiger partial charge in [-0.3, -0.25) is 0 Å². The van der Waals surface area contributed by atoms with Crippen LogP contribution < -0.4 is 0 Å². The van der Waals surface area contributed by atoms with Gasteiger partial charge in [-0.2, -0.15) is 0 Å². The Labute approximate surface area is 55.3 Å². The second-order valence-corrected chi connectivity index (χ2v) is 2.80. The molecule has 0 aliphatic carbocycles. The van der Waals surface area contributed by atoms with Crippen LogP contribution in [0.1, 0.15) is 13.8 Å². The summed E-state index contributed by atoms with van der Waals surface area (Å²) in [5.74, 6) is 0. The molecule has 0 spiro atoms. The first kappa shape index (κ1) is 8.88. The average Bonchev–Trinajstić information content (AvgIpc) is 1.84.